The number of piperidine rings is 1. The SMILES string of the molecule is O=C1CCC(N2C(=O)c3ccc(-c4cn(Cc5nc6c(c(=O)[nH]5)COCC6)nn4)cc3C2=O)C(=O)N1. The third kappa shape index (κ3) is 3.60. The molecule has 0 spiro atoms. The molecule has 4 amide bonds. The van der Waals surface area contributed by atoms with Gasteiger partial charge in [0.25, 0.3) is 17.4 Å². The van der Waals surface area contributed by atoms with Crippen LogP contribution in [0.1, 0.15) is 50.6 Å². The minimum atomic E-state index is -1.03. The quantitative estimate of drug-likeness (QED) is 0.461. The van der Waals surface area contributed by atoms with Crippen molar-refractivity contribution < 1.29 is 23.9 Å². The van der Waals surface area contributed by atoms with Crippen molar-refractivity contribution in [3.8, 4) is 11.3 Å². The number of carbonyl (C=O) groups excluding carboxylic acids is 4. The molecule has 1 aromatic carbocycles. The summed E-state index contributed by atoms with van der Waals surface area (Å²) in [7, 11) is 0. The Morgan fingerprint density at radius 3 is 2.72 bits per heavy atom. The van der Waals surface area contributed by atoms with Crippen LogP contribution in [0, 0.1) is 0 Å². The van der Waals surface area contributed by atoms with Crippen LogP contribution in [0.25, 0.3) is 11.3 Å². The fourth-order valence-corrected chi connectivity index (χ4v) is 4.66. The molecule has 1 saturated heterocycles. The molecule has 0 bridgehead atoms. The second kappa shape index (κ2) is 8.30. The maximum Gasteiger partial charge on any atom is 0.262 e. The van der Waals surface area contributed by atoms with Gasteiger partial charge in [0.05, 0.1) is 41.8 Å². The van der Waals surface area contributed by atoms with E-state index >= 15 is 0 Å². The first kappa shape index (κ1) is 22.0. The Labute approximate surface area is 202 Å². The lowest BCUT2D eigenvalue weighted by Gasteiger charge is -2.27. The van der Waals surface area contributed by atoms with Crippen LogP contribution in [-0.4, -0.2) is 66.1 Å². The second-order valence-electron chi connectivity index (χ2n) is 8.75. The van der Waals surface area contributed by atoms with Gasteiger partial charge in [-0.05, 0) is 18.6 Å². The topological polar surface area (TPSA) is 169 Å². The zero-order chi connectivity index (χ0) is 25.0. The fourth-order valence-electron chi connectivity index (χ4n) is 4.66. The van der Waals surface area contributed by atoms with Gasteiger partial charge in [-0.25, -0.2) is 9.67 Å². The molecule has 3 aromatic rings. The summed E-state index contributed by atoms with van der Waals surface area (Å²) in [5.74, 6) is -1.83. The average molecular weight is 489 g/mol. The van der Waals surface area contributed by atoms with E-state index in [1.54, 1.807) is 12.3 Å². The molecular formula is C23H19N7O6. The second-order valence-corrected chi connectivity index (χ2v) is 8.75. The summed E-state index contributed by atoms with van der Waals surface area (Å²) < 4.78 is 6.82. The maximum atomic E-state index is 13.1. The van der Waals surface area contributed by atoms with Gasteiger partial charge in [-0.15, -0.1) is 5.10 Å². The van der Waals surface area contributed by atoms with Gasteiger partial charge >= 0.3 is 0 Å². The number of fused-ring (bicyclic) bond motifs is 2. The number of H-pyrrole nitrogens is 1. The lowest BCUT2D eigenvalue weighted by molar-refractivity contribution is -0.136. The molecule has 2 aromatic heterocycles. The third-order valence-electron chi connectivity index (χ3n) is 6.47. The molecule has 6 rings (SSSR count). The van der Waals surface area contributed by atoms with E-state index in [-0.39, 0.29) is 42.7 Å². The number of imide groups is 2. The van der Waals surface area contributed by atoms with Crippen molar-refractivity contribution in [3.05, 3.63) is 63.0 Å². The summed E-state index contributed by atoms with van der Waals surface area (Å²) in [6, 6.07) is 3.66. The normalized spacial score (nSPS) is 19.3. The van der Waals surface area contributed by atoms with Crippen LogP contribution in [0.5, 0.6) is 0 Å². The van der Waals surface area contributed by atoms with Crippen molar-refractivity contribution in [1.29, 1.82) is 0 Å². The fraction of sp³-hybridized carbons (Fsp3) is 0.304. The first-order valence-corrected chi connectivity index (χ1v) is 11.3. The minimum Gasteiger partial charge on any atom is -0.376 e. The van der Waals surface area contributed by atoms with Crippen LogP contribution < -0.4 is 10.9 Å². The van der Waals surface area contributed by atoms with Crippen LogP contribution in [0.15, 0.2) is 29.2 Å². The number of hydrogen-bond donors (Lipinski definition) is 2. The number of rotatable bonds is 4. The number of benzene rings is 1. The molecule has 1 atom stereocenters. The van der Waals surface area contributed by atoms with Crippen molar-refractivity contribution in [2.24, 2.45) is 0 Å². The Hall–Kier alpha value is -4.52. The van der Waals surface area contributed by atoms with Crippen molar-refractivity contribution in [2.75, 3.05) is 6.61 Å². The van der Waals surface area contributed by atoms with E-state index in [1.807, 2.05) is 0 Å². The van der Waals surface area contributed by atoms with Crippen molar-refractivity contribution >= 4 is 23.6 Å². The van der Waals surface area contributed by atoms with Gasteiger partial charge in [-0.3, -0.25) is 34.2 Å². The molecule has 13 nitrogen and oxygen atoms in total. The van der Waals surface area contributed by atoms with E-state index in [2.05, 4.69) is 25.6 Å². The number of aromatic amines is 1. The molecular weight excluding hydrogens is 470 g/mol. The number of nitrogens with zero attached hydrogens (tertiary/aromatic N) is 5. The summed E-state index contributed by atoms with van der Waals surface area (Å²) in [6.45, 7) is 0.935. The molecule has 0 radical (unpaired) electrons. The van der Waals surface area contributed by atoms with Gasteiger partial charge < -0.3 is 9.72 Å². The van der Waals surface area contributed by atoms with Crippen LogP contribution in [-0.2, 0) is 33.9 Å². The number of ether oxygens (including phenoxy) is 1. The Morgan fingerprint density at radius 1 is 1.06 bits per heavy atom. The van der Waals surface area contributed by atoms with E-state index in [1.165, 1.54) is 16.8 Å². The molecule has 0 saturated carbocycles. The smallest absolute Gasteiger partial charge is 0.262 e. The van der Waals surface area contributed by atoms with Gasteiger partial charge in [-0.2, -0.15) is 0 Å². The molecule has 5 heterocycles. The van der Waals surface area contributed by atoms with E-state index in [0.717, 1.165) is 4.90 Å². The largest absolute Gasteiger partial charge is 0.376 e. The lowest BCUT2D eigenvalue weighted by atomic mass is 10.0. The summed E-state index contributed by atoms with van der Waals surface area (Å²) in [4.78, 5) is 70.1. The lowest BCUT2D eigenvalue weighted by Crippen LogP contribution is -2.54. The molecule has 182 valence electrons. The summed E-state index contributed by atoms with van der Waals surface area (Å²) >= 11 is 0. The maximum absolute atomic E-state index is 13.1. The van der Waals surface area contributed by atoms with Crippen LogP contribution >= 0.6 is 0 Å². The molecule has 13 heteroatoms. The zero-order valence-corrected chi connectivity index (χ0v) is 18.8. The number of amides is 4. The monoisotopic (exact) mass is 489 g/mol. The molecule has 2 N–H and O–H groups in total. The number of aromatic nitrogens is 5. The first-order chi connectivity index (χ1) is 17.4. The predicted octanol–water partition coefficient (Wildman–Crippen LogP) is -0.449. The average Bonchev–Trinajstić information content (AvgIpc) is 3.42. The molecule has 1 unspecified atom stereocenters. The highest BCUT2D eigenvalue weighted by atomic mass is 16.5. The van der Waals surface area contributed by atoms with Gasteiger partial charge in [0.2, 0.25) is 11.8 Å². The summed E-state index contributed by atoms with van der Waals surface area (Å²) in [6.07, 6.45) is 2.34. The van der Waals surface area contributed by atoms with E-state index < -0.39 is 29.7 Å². The highest BCUT2D eigenvalue weighted by Gasteiger charge is 2.44. The Bertz CT molecular complexity index is 1520. The third-order valence-corrected chi connectivity index (χ3v) is 6.47. The molecule has 3 aliphatic rings. The van der Waals surface area contributed by atoms with E-state index in [4.69, 9.17) is 4.74 Å². The van der Waals surface area contributed by atoms with Crippen molar-refractivity contribution in [3.63, 3.8) is 0 Å². The Kier molecular flexibility index (Phi) is 5.07. The van der Waals surface area contributed by atoms with Gasteiger partial charge in [0.1, 0.15) is 24.1 Å². The number of carbonyl (C=O) groups is 4. The highest BCUT2D eigenvalue weighted by Crippen LogP contribution is 2.30. The highest BCUT2D eigenvalue weighted by molar-refractivity contribution is 6.23. The first-order valence-electron chi connectivity index (χ1n) is 11.3. The van der Waals surface area contributed by atoms with Crippen molar-refractivity contribution in [1.82, 2.24) is 35.2 Å². The van der Waals surface area contributed by atoms with Gasteiger partial charge in [0, 0.05) is 18.4 Å². The molecule has 1 fully saturated rings. The molecule has 3 aliphatic heterocycles. The summed E-state index contributed by atoms with van der Waals surface area (Å²) in [5.41, 5.74) is 2.34. The standard InChI is InChI=1S/C23H19N7O6/c31-19-4-3-17(21(33)26-19)30-22(34)12-2-1-11(7-13(12)23(30)35)16-8-29(28-27-16)9-18-24-15-5-6-36-10-14(15)20(32)25-18/h1-2,7-8,17H,3-6,9-10H2,(H,24,25,32)(H,26,31,33). The Morgan fingerprint density at radius 2 is 1.89 bits per heavy atom. The molecule has 0 aliphatic carbocycles. The van der Waals surface area contributed by atoms with Crippen molar-refractivity contribution in [2.45, 2.75) is 38.5 Å². The van der Waals surface area contributed by atoms with Gasteiger partial charge in [0.15, 0.2) is 0 Å². The van der Waals surface area contributed by atoms with Crippen LogP contribution in [0.4, 0.5) is 0 Å². The molecule has 36 heavy (non-hydrogen) atoms. The van der Waals surface area contributed by atoms with Crippen LogP contribution in [0.3, 0.4) is 0 Å². The van der Waals surface area contributed by atoms with Crippen LogP contribution in [0.2, 0.25) is 0 Å². The van der Waals surface area contributed by atoms with Gasteiger partial charge in [-0.1, -0.05) is 11.3 Å². The minimum absolute atomic E-state index is 0.0519. The van der Waals surface area contributed by atoms with E-state index in [9.17, 15) is 24.0 Å². The number of hydrogen-bond acceptors (Lipinski definition) is 9. The number of nitrogens with one attached hydrogen (secondary N) is 2. The Balaban J connectivity index is 1.24. The summed E-state index contributed by atoms with van der Waals surface area (Å²) in [5, 5.41) is 10.4. The zero-order valence-electron chi connectivity index (χ0n) is 18.8. The predicted molar refractivity (Wildman–Crippen MR) is 119 cm³/mol. The van der Waals surface area contributed by atoms with E-state index in [0.29, 0.717) is 41.4 Å².